The van der Waals surface area contributed by atoms with Crippen molar-refractivity contribution < 1.29 is 4.42 Å². The molecule has 0 aliphatic heterocycles. The highest BCUT2D eigenvalue weighted by Gasteiger charge is 2.20. The summed E-state index contributed by atoms with van der Waals surface area (Å²) >= 11 is 3.34. The van der Waals surface area contributed by atoms with Crippen molar-refractivity contribution in [1.82, 2.24) is 0 Å². The summed E-state index contributed by atoms with van der Waals surface area (Å²) in [6.45, 7) is 0.794. The molecule has 1 aliphatic carbocycles. The zero-order chi connectivity index (χ0) is 8.55. The molecule has 0 saturated carbocycles. The second kappa shape index (κ2) is 3.23. The van der Waals surface area contributed by atoms with Crippen molar-refractivity contribution in [1.29, 1.82) is 0 Å². The molecule has 0 bridgehead atoms. The summed E-state index contributed by atoms with van der Waals surface area (Å²) in [7, 11) is 0. The number of rotatable bonds is 1. The first kappa shape index (κ1) is 8.32. The minimum absolute atomic E-state index is 0.655. The van der Waals surface area contributed by atoms with Crippen LogP contribution in [-0.4, -0.2) is 6.54 Å². The van der Waals surface area contributed by atoms with E-state index in [1.165, 1.54) is 12.0 Å². The lowest BCUT2D eigenvalue weighted by molar-refractivity contribution is 0.403. The van der Waals surface area contributed by atoms with E-state index in [0.717, 1.165) is 29.8 Å². The number of hydrogen-bond acceptors (Lipinski definition) is 2. The number of halogens is 1. The fraction of sp³-hybridized carbons (Fsp3) is 0.556. The molecule has 0 saturated heterocycles. The van der Waals surface area contributed by atoms with Gasteiger partial charge >= 0.3 is 0 Å². The van der Waals surface area contributed by atoms with Gasteiger partial charge in [0, 0.05) is 6.42 Å². The lowest BCUT2D eigenvalue weighted by Crippen LogP contribution is -2.21. The van der Waals surface area contributed by atoms with Gasteiger partial charge in [0.25, 0.3) is 0 Å². The van der Waals surface area contributed by atoms with E-state index in [0.29, 0.717) is 5.92 Å². The van der Waals surface area contributed by atoms with Crippen LogP contribution in [0.15, 0.2) is 15.2 Å². The lowest BCUT2D eigenvalue weighted by atomic mass is 9.88. The Kier molecular flexibility index (Phi) is 2.24. The van der Waals surface area contributed by atoms with Crippen molar-refractivity contribution in [2.45, 2.75) is 19.3 Å². The summed E-state index contributed by atoms with van der Waals surface area (Å²) in [6, 6.07) is 2.07. The second-order valence-electron chi connectivity index (χ2n) is 3.34. The van der Waals surface area contributed by atoms with E-state index in [1.807, 2.05) is 0 Å². The summed E-state index contributed by atoms with van der Waals surface area (Å²) in [6.07, 6.45) is 3.30. The van der Waals surface area contributed by atoms with Gasteiger partial charge in [0.15, 0.2) is 4.67 Å². The highest BCUT2D eigenvalue weighted by Crippen LogP contribution is 2.29. The third-order valence-electron chi connectivity index (χ3n) is 2.49. The van der Waals surface area contributed by atoms with Crippen molar-refractivity contribution >= 4 is 15.9 Å². The molecular weight excluding hydrogens is 218 g/mol. The first-order valence-electron chi connectivity index (χ1n) is 4.26. The summed E-state index contributed by atoms with van der Waals surface area (Å²) in [5.41, 5.74) is 6.96. The molecule has 1 aromatic heterocycles. The van der Waals surface area contributed by atoms with Gasteiger partial charge < -0.3 is 10.2 Å². The molecule has 1 aliphatic rings. The van der Waals surface area contributed by atoms with Gasteiger partial charge in [-0.2, -0.15) is 0 Å². The molecule has 0 amide bonds. The summed E-state index contributed by atoms with van der Waals surface area (Å²) in [5, 5.41) is 0. The van der Waals surface area contributed by atoms with E-state index in [2.05, 4.69) is 22.0 Å². The molecule has 12 heavy (non-hydrogen) atoms. The Hall–Kier alpha value is -0.280. The normalized spacial score (nSPS) is 22.3. The predicted molar refractivity (Wildman–Crippen MR) is 51.0 cm³/mol. The summed E-state index contributed by atoms with van der Waals surface area (Å²) < 4.78 is 6.33. The van der Waals surface area contributed by atoms with Gasteiger partial charge in [-0.1, -0.05) is 0 Å². The molecule has 1 aromatic rings. The smallest absolute Gasteiger partial charge is 0.169 e. The fourth-order valence-corrected chi connectivity index (χ4v) is 2.24. The molecule has 0 radical (unpaired) electrons. The molecule has 2 nitrogen and oxygen atoms in total. The minimum Gasteiger partial charge on any atom is -0.454 e. The highest BCUT2D eigenvalue weighted by molar-refractivity contribution is 9.10. The topological polar surface area (TPSA) is 39.2 Å². The Bertz CT molecular complexity index is 282. The van der Waals surface area contributed by atoms with Gasteiger partial charge in [0.2, 0.25) is 0 Å². The molecule has 2 rings (SSSR count). The van der Waals surface area contributed by atoms with Crippen LogP contribution in [-0.2, 0) is 12.8 Å². The first-order valence-corrected chi connectivity index (χ1v) is 5.06. The van der Waals surface area contributed by atoms with Gasteiger partial charge in [-0.25, -0.2) is 0 Å². The van der Waals surface area contributed by atoms with Crippen LogP contribution in [0.3, 0.4) is 0 Å². The van der Waals surface area contributed by atoms with E-state index in [4.69, 9.17) is 10.2 Å². The Labute approximate surface area is 80.3 Å². The van der Waals surface area contributed by atoms with Crippen LogP contribution < -0.4 is 5.73 Å². The Morgan fingerprint density at radius 2 is 2.50 bits per heavy atom. The number of fused-ring (bicyclic) bond motifs is 1. The number of hydrogen-bond donors (Lipinski definition) is 1. The van der Waals surface area contributed by atoms with Crippen molar-refractivity contribution in [3.8, 4) is 0 Å². The van der Waals surface area contributed by atoms with Crippen LogP contribution in [0.4, 0.5) is 0 Å². The maximum Gasteiger partial charge on any atom is 0.169 e. The summed E-state index contributed by atoms with van der Waals surface area (Å²) in [4.78, 5) is 0. The van der Waals surface area contributed by atoms with Crippen molar-refractivity contribution in [3.05, 3.63) is 22.1 Å². The van der Waals surface area contributed by atoms with Crippen molar-refractivity contribution in [2.75, 3.05) is 6.54 Å². The van der Waals surface area contributed by atoms with Crippen LogP contribution in [0.2, 0.25) is 0 Å². The Morgan fingerprint density at radius 1 is 1.67 bits per heavy atom. The third kappa shape index (κ3) is 1.43. The van der Waals surface area contributed by atoms with Gasteiger partial charge in [0.05, 0.1) is 0 Å². The SMILES string of the molecule is NCC1CCc2oc(Br)cc2C1. The van der Waals surface area contributed by atoms with Crippen LogP contribution in [0, 0.1) is 5.92 Å². The van der Waals surface area contributed by atoms with E-state index in [1.54, 1.807) is 0 Å². The fourth-order valence-electron chi connectivity index (χ4n) is 1.76. The van der Waals surface area contributed by atoms with Crippen molar-refractivity contribution in [3.63, 3.8) is 0 Å². The van der Waals surface area contributed by atoms with E-state index >= 15 is 0 Å². The van der Waals surface area contributed by atoms with E-state index in [9.17, 15) is 0 Å². The maximum absolute atomic E-state index is 5.62. The first-order chi connectivity index (χ1) is 5.79. The standard InChI is InChI=1S/C9H12BrNO/c10-9-4-7-3-6(5-11)1-2-8(7)12-9/h4,6H,1-3,5,11H2. The molecule has 3 heteroatoms. The zero-order valence-electron chi connectivity index (χ0n) is 6.85. The predicted octanol–water partition coefficient (Wildman–Crippen LogP) is 2.11. The molecule has 2 N–H and O–H groups in total. The van der Waals surface area contributed by atoms with Crippen LogP contribution in [0.5, 0.6) is 0 Å². The van der Waals surface area contributed by atoms with Gasteiger partial charge in [0.1, 0.15) is 5.76 Å². The average molecular weight is 230 g/mol. The highest BCUT2D eigenvalue weighted by atomic mass is 79.9. The van der Waals surface area contributed by atoms with Gasteiger partial charge in [-0.05, 0) is 52.9 Å². The number of furan rings is 1. The molecule has 66 valence electrons. The molecule has 0 aromatic carbocycles. The zero-order valence-corrected chi connectivity index (χ0v) is 8.43. The quantitative estimate of drug-likeness (QED) is 0.802. The lowest BCUT2D eigenvalue weighted by Gasteiger charge is -2.18. The molecular formula is C9H12BrNO. The van der Waals surface area contributed by atoms with E-state index in [-0.39, 0.29) is 0 Å². The molecule has 1 heterocycles. The Morgan fingerprint density at radius 3 is 3.25 bits per heavy atom. The molecule has 0 fully saturated rings. The Balaban J connectivity index is 2.22. The average Bonchev–Trinajstić information content (AvgIpc) is 2.43. The van der Waals surface area contributed by atoms with Crippen LogP contribution >= 0.6 is 15.9 Å². The number of nitrogens with two attached hydrogens (primary N) is 1. The maximum atomic E-state index is 5.62. The van der Waals surface area contributed by atoms with Crippen LogP contribution in [0.25, 0.3) is 0 Å². The van der Waals surface area contributed by atoms with E-state index < -0.39 is 0 Å². The molecule has 1 atom stereocenters. The number of aryl methyl sites for hydroxylation is 1. The second-order valence-corrected chi connectivity index (χ2v) is 4.13. The van der Waals surface area contributed by atoms with Gasteiger partial charge in [-0.3, -0.25) is 0 Å². The summed E-state index contributed by atoms with van der Waals surface area (Å²) in [5.74, 6) is 1.80. The van der Waals surface area contributed by atoms with Crippen LogP contribution in [0.1, 0.15) is 17.7 Å². The largest absolute Gasteiger partial charge is 0.454 e. The monoisotopic (exact) mass is 229 g/mol. The minimum atomic E-state index is 0.655. The molecule has 1 unspecified atom stereocenters. The van der Waals surface area contributed by atoms with Gasteiger partial charge in [-0.15, -0.1) is 0 Å². The molecule has 0 spiro atoms. The van der Waals surface area contributed by atoms with Crippen molar-refractivity contribution in [2.24, 2.45) is 11.7 Å². The third-order valence-corrected chi connectivity index (χ3v) is 2.88.